The second-order valence-corrected chi connectivity index (χ2v) is 8.28. The number of benzene rings is 1. The molecule has 0 spiro atoms. The highest BCUT2D eigenvalue weighted by molar-refractivity contribution is 7.22. The van der Waals surface area contributed by atoms with E-state index in [1.165, 1.54) is 23.2 Å². The van der Waals surface area contributed by atoms with Crippen LogP contribution < -0.4 is 10.2 Å². The lowest BCUT2D eigenvalue weighted by Crippen LogP contribution is -2.57. The minimum absolute atomic E-state index is 0.296. The third-order valence-electron chi connectivity index (χ3n) is 4.78. The molecule has 1 aromatic carbocycles. The summed E-state index contributed by atoms with van der Waals surface area (Å²) in [5.74, 6) is -1.99. The van der Waals surface area contributed by atoms with Crippen LogP contribution in [0.3, 0.4) is 0 Å². The van der Waals surface area contributed by atoms with Gasteiger partial charge in [-0.3, -0.25) is 14.5 Å². The van der Waals surface area contributed by atoms with E-state index in [-0.39, 0.29) is 0 Å². The molecule has 4 rings (SSSR count). The van der Waals surface area contributed by atoms with Crippen molar-refractivity contribution >= 4 is 56.6 Å². The lowest BCUT2D eigenvalue weighted by molar-refractivity contribution is -0.140. The first kappa shape index (κ1) is 18.5. The van der Waals surface area contributed by atoms with Gasteiger partial charge in [-0.2, -0.15) is 0 Å². The molecule has 0 radical (unpaired) electrons. The monoisotopic (exact) mass is 417 g/mol. The smallest absolute Gasteiger partial charge is 0.326 e. The molecule has 2 unspecified atom stereocenters. The van der Waals surface area contributed by atoms with E-state index in [2.05, 4.69) is 10.3 Å². The fourth-order valence-electron chi connectivity index (χ4n) is 3.39. The fourth-order valence-corrected chi connectivity index (χ4v) is 4.51. The topological polar surface area (TPSA) is 102 Å². The second-order valence-electron chi connectivity index (χ2n) is 6.60. The Bertz CT molecular complexity index is 1070. The number of hydrogen-bond acceptors (Lipinski definition) is 4. The molecule has 0 saturated heterocycles. The van der Waals surface area contributed by atoms with E-state index in [0.717, 1.165) is 15.8 Å². The second kappa shape index (κ2) is 6.96. The maximum absolute atomic E-state index is 13.0. The van der Waals surface area contributed by atoms with Crippen LogP contribution in [0.2, 0.25) is 4.34 Å². The average Bonchev–Trinajstić information content (AvgIpc) is 3.19. The Morgan fingerprint density at radius 2 is 2.11 bits per heavy atom. The minimum Gasteiger partial charge on any atom is -0.480 e. The molecule has 2 aromatic heterocycles. The summed E-state index contributed by atoms with van der Waals surface area (Å²) in [6.45, 7) is 1.45. The molecule has 3 heterocycles. The van der Waals surface area contributed by atoms with Crippen LogP contribution in [0, 0.1) is 0 Å². The van der Waals surface area contributed by atoms with Gasteiger partial charge in [-0.05, 0) is 30.7 Å². The number of aromatic amines is 1. The molecule has 2 amide bonds. The van der Waals surface area contributed by atoms with E-state index in [9.17, 15) is 19.5 Å². The van der Waals surface area contributed by atoms with E-state index in [0.29, 0.717) is 22.1 Å². The van der Waals surface area contributed by atoms with Gasteiger partial charge in [-0.15, -0.1) is 11.3 Å². The number of nitrogens with zero attached hydrogens (tertiary/aromatic N) is 1. The van der Waals surface area contributed by atoms with Crippen LogP contribution in [0.15, 0.2) is 36.4 Å². The van der Waals surface area contributed by atoms with Crippen molar-refractivity contribution in [2.24, 2.45) is 0 Å². The summed E-state index contributed by atoms with van der Waals surface area (Å²) in [6.07, 6.45) is 0.296. The van der Waals surface area contributed by atoms with E-state index in [1.54, 1.807) is 24.3 Å². The highest BCUT2D eigenvalue weighted by Crippen LogP contribution is 2.31. The molecule has 1 aliphatic rings. The predicted molar refractivity (Wildman–Crippen MR) is 107 cm³/mol. The molecule has 9 heteroatoms. The maximum Gasteiger partial charge on any atom is 0.326 e. The quantitative estimate of drug-likeness (QED) is 0.607. The first-order chi connectivity index (χ1) is 13.3. The predicted octanol–water partition coefficient (Wildman–Crippen LogP) is 3.04. The van der Waals surface area contributed by atoms with Crippen molar-refractivity contribution in [3.8, 4) is 0 Å². The van der Waals surface area contributed by atoms with Crippen molar-refractivity contribution < 1.29 is 19.5 Å². The Kier molecular flexibility index (Phi) is 4.60. The Morgan fingerprint density at radius 1 is 1.36 bits per heavy atom. The van der Waals surface area contributed by atoms with Crippen molar-refractivity contribution in [2.75, 3.05) is 4.90 Å². The number of nitrogens with one attached hydrogen (secondary N) is 2. The molecule has 0 saturated carbocycles. The summed E-state index contributed by atoms with van der Waals surface area (Å²) in [7, 11) is 0. The summed E-state index contributed by atoms with van der Waals surface area (Å²) >= 11 is 7.27. The number of carboxylic acids is 1. The Hall–Kier alpha value is -2.84. The zero-order valence-corrected chi connectivity index (χ0v) is 16.3. The highest BCUT2D eigenvalue weighted by atomic mass is 35.5. The molecule has 3 N–H and O–H groups in total. The third kappa shape index (κ3) is 3.14. The van der Waals surface area contributed by atoms with Gasteiger partial charge in [-0.1, -0.05) is 29.8 Å². The number of carbonyl (C=O) groups excluding carboxylic acids is 2. The van der Waals surface area contributed by atoms with Gasteiger partial charge in [0.1, 0.15) is 22.6 Å². The van der Waals surface area contributed by atoms with E-state index >= 15 is 0 Å². The number of thiophene rings is 1. The molecule has 7 nitrogen and oxygen atoms in total. The number of H-pyrrole nitrogens is 1. The number of carbonyl (C=O) groups is 3. The van der Waals surface area contributed by atoms with Crippen LogP contribution in [-0.2, 0) is 16.0 Å². The number of aromatic nitrogens is 1. The van der Waals surface area contributed by atoms with Crippen molar-refractivity contribution in [3.63, 3.8) is 0 Å². The van der Waals surface area contributed by atoms with Gasteiger partial charge >= 0.3 is 5.97 Å². The molecule has 0 fully saturated rings. The maximum atomic E-state index is 13.0. The zero-order valence-electron chi connectivity index (χ0n) is 14.7. The van der Waals surface area contributed by atoms with Gasteiger partial charge < -0.3 is 15.4 Å². The lowest BCUT2D eigenvalue weighted by atomic mass is 9.95. The molecule has 144 valence electrons. The summed E-state index contributed by atoms with van der Waals surface area (Å²) < 4.78 is 0.616. The number of aliphatic carboxylic acids is 1. The number of rotatable bonds is 4. The number of anilines is 1. The van der Waals surface area contributed by atoms with Gasteiger partial charge in [0, 0.05) is 17.5 Å². The number of fused-ring (bicyclic) bond motifs is 2. The van der Waals surface area contributed by atoms with Gasteiger partial charge in [-0.25, -0.2) is 4.79 Å². The van der Waals surface area contributed by atoms with Crippen LogP contribution in [0.4, 0.5) is 5.69 Å². The molecule has 28 heavy (non-hydrogen) atoms. The third-order valence-corrected chi connectivity index (χ3v) is 5.98. The standard InChI is InChI=1S/C19H16ClN3O4S/c1-9(19(26)27)23-14-5-3-2-4-10(14)6-13(18(23)25)21-16(24)12-7-11-8-15(20)28-17(11)22-12/h2-5,7-9,13,22H,6H2,1H3,(H,21,24)(H,26,27). The average molecular weight is 418 g/mol. The molecule has 0 aliphatic carbocycles. The number of para-hydroxylation sites is 1. The first-order valence-corrected chi connectivity index (χ1v) is 9.77. The largest absolute Gasteiger partial charge is 0.480 e. The van der Waals surface area contributed by atoms with Crippen LogP contribution in [-0.4, -0.2) is 40.0 Å². The molecular weight excluding hydrogens is 402 g/mol. The summed E-state index contributed by atoms with van der Waals surface area (Å²) in [5.41, 5.74) is 1.69. The van der Waals surface area contributed by atoms with Crippen molar-refractivity contribution in [1.82, 2.24) is 10.3 Å². The summed E-state index contributed by atoms with van der Waals surface area (Å²) in [5, 5.41) is 13.0. The molecular formula is C19H16ClN3O4S. The summed E-state index contributed by atoms with van der Waals surface area (Å²) in [4.78, 5) is 42.2. The number of carboxylic acid groups (broad SMARTS) is 1. The van der Waals surface area contributed by atoms with E-state index < -0.39 is 29.9 Å². The normalized spacial score (nSPS) is 17.4. The van der Waals surface area contributed by atoms with E-state index in [1.807, 2.05) is 12.1 Å². The Labute approximate surface area is 168 Å². The van der Waals surface area contributed by atoms with Gasteiger partial charge in [0.2, 0.25) is 0 Å². The van der Waals surface area contributed by atoms with Crippen LogP contribution in [0.25, 0.3) is 10.2 Å². The van der Waals surface area contributed by atoms with Crippen LogP contribution >= 0.6 is 22.9 Å². The molecule has 2 atom stereocenters. The highest BCUT2D eigenvalue weighted by Gasteiger charge is 2.38. The fraction of sp³-hybridized carbons (Fsp3) is 0.211. The molecule has 1 aliphatic heterocycles. The molecule has 0 bridgehead atoms. The zero-order chi connectivity index (χ0) is 20.0. The van der Waals surface area contributed by atoms with Gasteiger partial charge in [0.25, 0.3) is 11.8 Å². The van der Waals surface area contributed by atoms with Crippen LogP contribution in [0.1, 0.15) is 23.0 Å². The van der Waals surface area contributed by atoms with Crippen LogP contribution in [0.5, 0.6) is 0 Å². The van der Waals surface area contributed by atoms with Gasteiger partial charge in [0.05, 0.1) is 4.34 Å². The first-order valence-electron chi connectivity index (χ1n) is 8.58. The minimum atomic E-state index is -1.11. The van der Waals surface area contributed by atoms with Crippen molar-refractivity contribution in [1.29, 1.82) is 0 Å². The molecule has 3 aromatic rings. The van der Waals surface area contributed by atoms with Crippen molar-refractivity contribution in [2.45, 2.75) is 25.4 Å². The number of amides is 2. The Balaban J connectivity index is 1.62. The number of halogens is 1. The SMILES string of the molecule is CC(C(=O)O)N1C(=O)C(NC(=O)c2cc3cc(Cl)sc3[nH]2)Cc2ccccc21. The van der Waals surface area contributed by atoms with Gasteiger partial charge in [0.15, 0.2) is 0 Å². The van der Waals surface area contributed by atoms with E-state index in [4.69, 9.17) is 11.6 Å². The number of hydrogen-bond donors (Lipinski definition) is 3. The Morgan fingerprint density at radius 3 is 2.82 bits per heavy atom. The summed E-state index contributed by atoms with van der Waals surface area (Å²) in [6, 6.07) is 8.64. The van der Waals surface area contributed by atoms with Crippen molar-refractivity contribution in [3.05, 3.63) is 52.0 Å². The lowest BCUT2D eigenvalue weighted by Gasteiger charge is -2.36.